The number of nitrogens with one attached hydrogen (secondary N) is 1. The van der Waals surface area contributed by atoms with E-state index in [0.29, 0.717) is 5.75 Å². The van der Waals surface area contributed by atoms with Gasteiger partial charge in [-0.3, -0.25) is 0 Å². The van der Waals surface area contributed by atoms with Crippen molar-refractivity contribution in [2.45, 2.75) is 13.0 Å². The van der Waals surface area contributed by atoms with Crippen LogP contribution < -0.4 is 10.1 Å². The molecule has 15 heavy (non-hydrogen) atoms. The van der Waals surface area contributed by atoms with E-state index in [1.165, 1.54) is 7.11 Å². The highest BCUT2D eigenvalue weighted by molar-refractivity contribution is 5.41. The number of hydrogen-bond acceptors (Lipinski definition) is 3. The number of benzene rings is 1. The van der Waals surface area contributed by atoms with E-state index < -0.39 is 0 Å². The van der Waals surface area contributed by atoms with Gasteiger partial charge in [0.05, 0.1) is 7.11 Å². The number of methoxy groups -OCH3 is 1. The van der Waals surface area contributed by atoms with Gasteiger partial charge in [0, 0.05) is 6.54 Å². The third kappa shape index (κ3) is 3.64. The summed E-state index contributed by atoms with van der Waals surface area (Å²) < 4.78 is 4.96. The van der Waals surface area contributed by atoms with Crippen molar-refractivity contribution in [3.63, 3.8) is 0 Å². The summed E-state index contributed by atoms with van der Waals surface area (Å²) in [5.74, 6) is 0.686. The van der Waals surface area contributed by atoms with Crippen LogP contribution in [0.5, 0.6) is 11.5 Å². The van der Waals surface area contributed by atoms with Gasteiger partial charge in [-0.15, -0.1) is 6.58 Å². The Morgan fingerprint density at radius 1 is 1.53 bits per heavy atom. The van der Waals surface area contributed by atoms with Crippen molar-refractivity contribution < 1.29 is 9.84 Å². The Bertz CT molecular complexity index is 323. The fourth-order valence-corrected chi connectivity index (χ4v) is 1.28. The molecule has 1 aromatic carbocycles. The van der Waals surface area contributed by atoms with Crippen LogP contribution in [0.1, 0.15) is 12.0 Å². The van der Waals surface area contributed by atoms with Crippen LogP contribution in [0.3, 0.4) is 0 Å². The third-order valence-corrected chi connectivity index (χ3v) is 2.10. The molecule has 0 aliphatic carbocycles. The summed E-state index contributed by atoms with van der Waals surface area (Å²) in [7, 11) is 1.54. The molecule has 0 saturated heterocycles. The predicted molar refractivity (Wildman–Crippen MR) is 61.2 cm³/mol. The molecule has 0 spiro atoms. The Kier molecular flexibility index (Phi) is 4.71. The lowest BCUT2D eigenvalue weighted by Gasteiger charge is -2.06. The van der Waals surface area contributed by atoms with Crippen LogP contribution in [0.4, 0.5) is 0 Å². The van der Waals surface area contributed by atoms with E-state index in [0.717, 1.165) is 25.1 Å². The van der Waals surface area contributed by atoms with Crippen LogP contribution in [0.15, 0.2) is 30.9 Å². The minimum Gasteiger partial charge on any atom is -0.504 e. The number of phenolic OH excluding ortho intramolecular Hbond substituents is 1. The van der Waals surface area contributed by atoms with Gasteiger partial charge in [0.2, 0.25) is 0 Å². The topological polar surface area (TPSA) is 41.5 Å². The molecule has 0 bridgehead atoms. The average Bonchev–Trinajstić information content (AvgIpc) is 2.25. The number of rotatable bonds is 6. The van der Waals surface area contributed by atoms with E-state index >= 15 is 0 Å². The van der Waals surface area contributed by atoms with Crippen molar-refractivity contribution in [3.8, 4) is 11.5 Å². The zero-order chi connectivity index (χ0) is 11.1. The first-order valence-corrected chi connectivity index (χ1v) is 4.95. The summed E-state index contributed by atoms with van der Waals surface area (Å²) >= 11 is 0. The lowest BCUT2D eigenvalue weighted by molar-refractivity contribution is 0.373. The van der Waals surface area contributed by atoms with E-state index in [-0.39, 0.29) is 5.75 Å². The van der Waals surface area contributed by atoms with Crippen LogP contribution in [0.25, 0.3) is 0 Å². The zero-order valence-corrected chi connectivity index (χ0v) is 8.99. The molecule has 0 atom stereocenters. The van der Waals surface area contributed by atoms with Gasteiger partial charge in [0.25, 0.3) is 0 Å². The Balaban J connectivity index is 2.48. The molecule has 1 rings (SSSR count). The van der Waals surface area contributed by atoms with Crippen molar-refractivity contribution in [3.05, 3.63) is 36.4 Å². The quantitative estimate of drug-likeness (QED) is 0.554. The van der Waals surface area contributed by atoms with Crippen LogP contribution in [-0.4, -0.2) is 18.8 Å². The molecule has 0 saturated carbocycles. The van der Waals surface area contributed by atoms with E-state index in [9.17, 15) is 5.11 Å². The maximum atomic E-state index is 9.53. The highest BCUT2D eigenvalue weighted by Crippen LogP contribution is 2.25. The fraction of sp³-hybridized carbons (Fsp3) is 0.333. The van der Waals surface area contributed by atoms with Gasteiger partial charge in [-0.2, -0.15) is 0 Å². The van der Waals surface area contributed by atoms with Crippen molar-refractivity contribution in [2.24, 2.45) is 0 Å². The predicted octanol–water partition coefficient (Wildman–Crippen LogP) is 2.07. The smallest absolute Gasteiger partial charge is 0.160 e. The van der Waals surface area contributed by atoms with Crippen molar-refractivity contribution in [1.82, 2.24) is 5.32 Å². The Morgan fingerprint density at radius 2 is 2.33 bits per heavy atom. The molecule has 0 heterocycles. The molecule has 0 fully saturated rings. The van der Waals surface area contributed by atoms with Crippen molar-refractivity contribution >= 4 is 0 Å². The maximum absolute atomic E-state index is 9.53. The lowest BCUT2D eigenvalue weighted by Crippen LogP contribution is -2.13. The summed E-state index contributed by atoms with van der Waals surface area (Å²) in [6.07, 6.45) is 2.82. The molecule has 3 heteroatoms. The number of hydrogen-bond donors (Lipinski definition) is 2. The molecule has 0 unspecified atom stereocenters. The first kappa shape index (κ1) is 11.6. The van der Waals surface area contributed by atoms with E-state index in [1.54, 1.807) is 12.1 Å². The molecular weight excluding hydrogens is 190 g/mol. The molecule has 0 amide bonds. The minimum absolute atomic E-state index is 0.181. The second kappa shape index (κ2) is 6.09. The second-order valence-electron chi connectivity index (χ2n) is 3.26. The molecule has 0 aromatic heterocycles. The summed E-state index contributed by atoms with van der Waals surface area (Å²) in [4.78, 5) is 0. The van der Waals surface area contributed by atoms with Crippen molar-refractivity contribution in [1.29, 1.82) is 0 Å². The zero-order valence-electron chi connectivity index (χ0n) is 8.99. The van der Waals surface area contributed by atoms with Gasteiger partial charge in [-0.05, 0) is 30.7 Å². The average molecular weight is 207 g/mol. The molecule has 0 radical (unpaired) electrons. The first-order chi connectivity index (χ1) is 7.27. The molecule has 0 aliphatic heterocycles. The number of ether oxygens (including phenoxy) is 1. The summed E-state index contributed by atoms with van der Waals surface area (Å²) in [5, 5.41) is 12.8. The Hall–Kier alpha value is -1.48. The van der Waals surface area contributed by atoms with Crippen LogP contribution in [0.2, 0.25) is 0 Å². The van der Waals surface area contributed by atoms with Gasteiger partial charge in [0.1, 0.15) is 0 Å². The lowest BCUT2D eigenvalue weighted by atomic mass is 10.2. The highest BCUT2D eigenvalue weighted by Gasteiger charge is 2.01. The molecule has 2 N–H and O–H groups in total. The third-order valence-electron chi connectivity index (χ3n) is 2.10. The van der Waals surface area contributed by atoms with Gasteiger partial charge < -0.3 is 15.2 Å². The molecule has 0 aliphatic rings. The molecule has 82 valence electrons. The van der Waals surface area contributed by atoms with Gasteiger partial charge >= 0.3 is 0 Å². The standard InChI is InChI=1S/C12H17NO2/c1-3-4-7-13-9-10-5-6-12(15-2)11(14)8-10/h3,5-6,8,13-14H,1,4,7,9H2,2H3. The largest absolute Gasteiger partial charge is 0.504 e. The summed E-state index contributed by atoms with van der Waals surface area (Å²) in [5.41, 5.74) is 1.04. The van der Waals surface area contributed by atoms with Gasteiger partial charge in [-0.1, -0.05) is 12.1 Å². The van der Waals surface area contributed by atoms with Crippen LogP contribution in [-0.2, 0) is 6.54 Å². The Morgan fingerprint density at radius 3 is 2.93 bits per heavy atom. The minimum atomic E-state index is 0.181. The van der Waals surface area contributed by atoms with Crippen LogP contribution >= 0.6 is 0 Å². The molecular formula is C12H17NO2. The normalized spacial score (nSPS) is 9.93. The first-order valence-electron chi connectivity index (χ1n) is 4.95. The van der Waals surface area contributed by atoms with E-state index in [2.05, 4.69) is 11.9 Å². The number of phenols is 1. The number of aromatic hydroxyl groups is 1. The van der Waals surface area contributed by atoms with Crippen molar-refractivity contribution in [2.75, 3.05) is 13.7 Å². The monoisotopic (exact) mass is 207 g/mol. The summed E-state index contributed by atoms with van der Waals surface area (Å²) in [6.45, 7) is 5.29. The molecule has 3 nitrogen and oxygen atoms in total. The summed E-state index contributed by atoms with van der Waals surface area (Å²) in [6, 6.07) is 5.40. The maximum Gasteiger partial charge on any atom is 0.160 e. The van der Waals surface area contributed by atoms with Gasteiger partial charge in [-0.25, -0.2) is 0 Å². The SMILES string of the molecule is C=CCCNCc1ccc(OC)c(O)c1. The van der Waals surface area contributed by atoms with E-state index in [1.807, 2.05) is 12.1 Å². The van der Waals surface area contributed by atoms with Crippen LogP contribution in [0, 0.1) is 0 Å². The van der Waals surface area contributed by atoms with E-state index in [4.69, 9.17) is 4.74 Å². The van der Waals surface area contributed by atoms with Gasteiger partial charge in [0.15, 0.2) is 11.5 Å². The highest BCUT2D eigenvalue weighted by atomic mass is 16.5. The Labute approximate surface area is 90.4 Å². The fourth-order valence-electron chi connectivity index (χ4n) is 1.28. The molecule has 1 aromatic rings. The second-order valence-corrected chi connectivity index (χ2v) is 3.26.